The van der Waals surface area contributed by atoms with Gasteiger partial charge >= 0.3 is 0 Å². The van der Waals surface area contributed by atoms with E-state index in [0.29, 0.717) is 6.04 Å². The van der Waals surface area contributed by atoms with Crippen molar-refractivity contribution in [2.45, 2.75) is 38.8 Å². The molecule has 1 fully saturated rings. The van der Waals surface area contributed by atoms with E-state index in [-0.39, 0.29) is 5.41 Å². The van der Waals surface area contributed by atoms with E-state index >= 15 is 0 Å². The van der Waals surface area contributed by atoms with Gasteiger partial charge in [-0.3, -0.25) is 9.58 Å². The average molecular weight is 314 g/mol. The van der Waals surface area contributed by atoms with Gasteiger partial charge in [0.1, 0.15) is 0 Å². The summed E-state index contributed by atoms with van der Waals surface area (Å²) >= 11 is 0. The lowest BCUT2D eigenvalue weighted by Crippen LogP contribution is -2.59. The summed E-state index contributed by atoms with van der Waals surface area (Å²) in [5.74, 6) is 0.981. The topological polar surface area (TPSA) is 50.1 Å². The van der Waals surface area contributed by atoms with Gasteiger partial charge in [0.2, 0.25) is 0 Å². The summed E-state index contributed by atoms with van der Waals surface area (Å²) in [6.45, 7) is 10.4. The molecule has 6 nitrogen and oxygen atoms in total. The van der Waals surface area contributed by atoms with E-state index in [1.165, 1.54) is 0 Å². The molecule has 0 radical (unpaired) electrons. The normalized spacial score (nSPS) is 16.0. The van der Waals surface area contributed by atoms with Crippen LogP contribution in [0.1, 0.15) is 26.5 Å². The number of nitrogens with zero attached hydrogens (tertiary/aromatic N) is 6. The van der Waals surface area contributed by atoms with E-state index in [2.05, 4.69) is 65.0 Å². The van der Waals surface area contributed by atoms with Crippen LogP contribution in [0.3, 0.4) is 0 Å². The van der Waals surface area contributed by atoms with Gasteiger partial charge in [0.15, 0.2) is 5.82 Å². The third-order valence-corrected chi connectivity index (χ3v) is 4.47. The standard InChI is InChI=1S/C17H26N6/c1-17(2,3)15-6-7-16(20-19-15)22-12-14(13-22)21(4)10-11-23-9-5-8-18-23/h5-9,14H,10-13H2,1-4H3. The van der Waals surface area contributed by atoms with Gasteiger partial charge in [0.25, 0.3) is 0 Å². The highest BCUT2D eigenvalue weighted by Crippen LogP contribution is 2.24. The Labute approximate surface area is 138 Å². The maximum Gasteiger partial charge on any atom is 0.151 e. The van der Waals surface area contributed by atoms with Gasteiger partial charge in [-0.2, -0.15) is 10.2 Å². The number of anilines is 1. The summed E-state index contributed by atoms with van der Waals surface area (Å²) in [6.07, 6.45) is 3.83. The minimum Gasteiger partial charge on any atom is -0.352 e. The van der Waals surface area contributed by atoms with Gasteiger partial charge in [-0.05, 0) is 25.2 Å². The zero-order valence-corrected chi connectivity index (χ0v) is 14.5. The van der Waals surface area contributed by atoms with Crippen LogP contribution in [-0.4, -0.2) is 57.6 Å². The molecule has 0 saturated carbocycles. The molecule has 1 aliphatic rings. The molecule has 0 aliphatic carbocycles. The minimum atomic E-state index is 0.0513. The molecule has 0 amide bonds. The van der Waals surface area contributed by atoms with Gasteiger partial charge in [0.05, 0.1) is 12.2 Å². The minimum absolute atomic E-state index is 0.0513. The highest BCUT2D eigenvalue weighted by molar-refractivity contribution is 5.42. The highest BCUT2D eigenvalue weighted by atomic mass is 15.4. The second-order valence-corrected chi connectivity index (χ2v) is 7.34. The Morgan fingerprint density at radius 3 is 2.57 bits per heavy atom. The molecule has 124 valence electrons. The monoisotopic (exact) mass is 314 g/mol. The van der Waals surface area contributed by atoms with Crippen LogP contribution in [0.15, 0.2) is 30.6 Å². The number of aromatic nitrogens is 4. The molecule has 3 rings (SSSR count). The molecule has 3 heterocycles. The lowest BCUT2D eigenvalue weighted by Gasteiger charge is -2.44. The van der Waals surface area contributed by atoms with E-state index in [4.69, 9.17) is 0 Å². The van der Waals surface area contributed by atoms with E-state index in [1.54, 1.807) is 0 Å². The van der Waals surface area contributed by atoms with E-state index in [1.807, 2.05) is 23.1 Å². The Balaban J connectivity index is 1.48. The van der Waals surface area contributed by atoms with Crippen molar-refractivity contribution in [3.05, 3.63) is 36.3 Å². The molecule has 6 heteroatoms. The molecule has 0 unspecified atom stereocenters. The fourth-order valence-electron chi connectivity index (χ4n) is 2.69. The molecule has 1 aliphatic heterocycles. The summed E-state index contributed by atoms with van der Waals surface area (Å²) in [4.78, 5) is 4.68. The molecule has 1 saturated heterocycles. The van der Waals surface area contributed by atoms with E-state index in [0.717, 1.165) is 37.7 Å². The SMILES string of the molecule is CN(CCn1cccn1)C1CN(c2ccc(C(C)(C)C)nn2)C1. The first-order chi connectivity index (χ1) is 10.9. The van der Waals surface area contributed by atoms with Crippen LogP contribution in [0.25, 0.3) is 0 Å². The molecular formula is C17H26N6. The second kappa shape index (κ2) is 6.28. The first kappa shape index (κ1) is 15.9. The lowest BCUT2D eigenvalue weighted by molar-refractivity contribution is 0.195. The smallest absolute Gasteiger partial charge is 0.151 e. The fourth-order valence-corrected chi connectivity index (χ4v) is 2.69. The molecule has 2 aromatic heterocycles. The summed E-state index contributed by atoms with van der Waals surface area (Å²) in [6, 6.07) is 6.73. The predicted octanol–water partition coefficient (Wildman–Crippen LogP) is 1.79. The average Bonchev–Trinajstić information content (AvgIpc) is 2.96. The second-order valence-electron chi connectivity index (χ2n) is 7.34. The van der Waals surface area contributed by atoms with E-state index < -0.39 is 0 Å². The van der Waals surface area contributed by atoms with Crippen LogP contribution >= 0.6 is 0 Å². The molecular weight excluding hydrogens is 288 g/mol. The number of hydrogen-bond acceptors (Lipinski definition) is 5. The van der Waals surface area contributed by atoms with Gasteiger partial charge in [0, 0.05) is 43.5 Å². The van der Waals surface area contributed by atoms with Crippen LogP contribution in [-0.2, 0) is 12.0 Å². The summed E-state index contributed by atoms with van der Waals surface area (Å²) in [7, 11) is 2.18. The van der Waals surface area contributed by atoms with E-state index in [9.17, 15) is 0 Å². The first-order valence-electron chi connectivity index (χ1n) is 8.20. The van der Waals surface area contributed by atoms with Gasteiger partial charge in [-0.25, -0.2) is 0 Å². The Morgan fingerprint density at radius 1 is 1.22 bits per heavy atom. The van der Waals surface area contributed by atoms with Crippen LogP contribution in [0.5, 0.6) is 0 Å². The fraction of sp³-hybridized carbons (Fsp3) is 0.588. The van der Waals surface area contributed by atoms with Crippen molar-refractivity contribution in [3.8, 4) is 0 Å². The van der Waals surface area contributed by atoms with Crippen molar-refractivity contribution in [1.29, 1.82) is 0 Å². The predicted molar refractivity (Wildman–Crippen MR) is 91.6 cm³/mol. The summed E-state index contributed by atoms with van der Waals surface area (Å²) in [5, 5.41) is 13.0. The van der Waals surface area contributed by atoms with Crippen molar-refractivity contribution in [3.63, 3.8) is 0 Å². The maximum atomic E-state index is 4.39. The third kappa shape index (κ3) is 3.69. The molecule has 0 spiro atoms. The van der Waals surface area contributed by atoms with Crippen LogP contribution in [0.2, 0.25) is 0 Å². The summed E-state index contributed by atoms with van der Waals surface area (Å²) < 4.78 is 1.98. The zero-order chi connectivity index (χ0) is 16.4. The molecule has 0 atom stereocenters. The molecule has 2 aromatic rings. The zero-order valence-electron chi connectivity index (χ0n) is 14.5. The van der Waals surface area contributed by atoms with Gasteiger partial charge in [-0.1, -0.05) is 20.8 Å². The van der Waals surface area contributed by atoms with Crippen molar-refractivity contribution in [1.82, 2.24) is 24.9 Å². The number of likely N-dealkylation sites (N-methyl/N-ethyl adjacent to an activating group) is 1. The van der Waals surface area contributed by atoms with Gasteiger partial charge in [-0.15, -0.1) is 5.10 Å². The molecule has 0 bridgehead atoms. The van der Waals surface area contributed by atoms with Crippen molar-refractivity contribution in [2.24, 2.45) is 0 Å². The number of hydrogen-bond donors (Lipinski definition) is 0. The Bertz CT molecular complexity index is 608. The van der Waals surface area contributed by atoms with Crippen LogP contribution < -0.4 is 4.90 Å². The Morgan fingerprint density at radius 2 is 2.00 bits per heavy atom. The Hall–Kier alpha value is -1.95. The number of rotatable bonds is 5. The third-order valence-electron chi connectivity index (χ3n) is 4.47. The van der Waals surface area contributed by atoms with Crippen LogP contribution in [0, 0.1) is 0 Å². The van der Waals surface area contributed by atoms with Crippen molar-refractivity contribution in [2.75, 3.05) is 31.6 Å². The van der Waals surface area contributed by atoms with Gasteiger partial charge < -0.3 is 4.90 Å². The van der Waals surface area contributed by atoms with Crippen molar-refractivity contribution < 1.29 is 0 Å². The first-order valence-corrected chi connectivity index (χ1v) is 8.20. The lowest BCUT2D eigenvalue weighted by atomic mass is 9.92. The highest BCUT2D eigenvalue weighted by Gasteiger charge is 2.31. The Kier molecular flexibility index (Phi) is 4.35. The molecule has 0 aromatic carbocycles. The quantitative estimate of drug-likeness (QED) is 0.842. The maximum absolute atomic E-state index is 4.39. The molecule has 23 heavy (non-hydrogen) atoms. The van der Waals surface area contributed by atoms with Crippen LogP contribution in [0.4, 0.5) is 5.82 Å². The molecule has 0 N–H and O–H groups in total. The summed E-state index contributed by atoms with van der Waals surface area (Å²) in [5.41, 5.74) is 1.09. The largest absolute Gasteiger partial charge is 0.352 e. The van der Waals surface area contributed by atoms with Crippen molar-refractivity contribution >= 4 is 5.82 Å².